The quantitative estimate of drug-likeness (QED) is 0.582. The second kappa shape index (κ2) is 10.1. The molecule has 0 radical (unpaired) electrons. The maximum atomic E-state index is 12.6. The molecule has 1 amide bonds. The third-order valence-corrected chi connectivity index (χ3v) is 7.36. The van der Waals surface area contributed by atoms with Crippen molar-refractivity contribution in [3.05, 3.63) is 71.4 Å². The van der Waals surface area contributed by atoms with Gasteiger partial charge >= 0.3 is 0 Å². The summed E-state index contributed by atoms with van der Waals surface area (Å²) in [5.41, 5.74) is 5.33. The van der Waals surface area contributed by atoms with Crippen LogP contribution < -0.4 is 5.32 Å². The van der Waals surface area contributed by atoms with Gasteiger partial charge in [0.1, 0.15) is 0 Å². The predicted molar refractivity (Wildman–Crippen MR) is 132 cm³/mol. The molecule has 1 aromatic heterocycles. The number of carbonyl (C=O) groups excluding carboxylic acids is 1. The third-order valence-electron chi connectivity index (χ3n) is 7.36. The molecule has 0 bridgehead atoms. The SMILES string of the molecule is Cc1ccccc1Cn1c(CN2CCC(C(=O)NCC3CCCO3)CC2)cc2ccccc21. The van der Waals surface area contributed by atoms with Gasteiger partial charge in [0.25, 0.3) is 0 Å². The lowest BCUT2D eigenvalue weighted by Gasteiger charge is -2.31. The van der Waals surface area contributed by atoms with E-state index in [-0.39, 0.29) is 17.9 Å². The fourth-order valence-electron chi connectivity index (χ4n) is 5.29. The number of nitrogens with one attached hydrogen (secondary N) is 1. The number of ether oxygens (including phenoxy) is 1. The number of amides is 1. The first-order valence-electron chi connectivity index (χ1n) is 12.4. The molecule has 1 N–H and O–H groups in total. The van der Waals surface area contributed by atoms with Crippen LogP contribution in [0.4, 0.5) is 0 Å². The van der Waals surface area contributed by atoms with E-state index in [0.29, 0.717) is 6.54 Å². The van der Waals surface area contributed by atoms with Crippen LogP contribution in [0.3, 0.4) is 0 Å². The van der Waals surface area contributed by atoms with Gasteiger partial charge in [-0.15, -0.1) is 0 Å². The number of likely N-dealkylation sites (tertiary alicyclic amines) is 1. The number of carbonyl (C=O) groups is 1. The number of fused-ring (bicyclic) bond motifs is 1. The predicted octanol–water partition coefficient (Wildman–Crippen LogP) is 4.51. The van der Waals surface area contributed by atoms with Gasteiger partial charge in [0.2, 0.25) is 5.91 Å². The second-order valence-corrected chi connectivity index (χ2v) is 9.64. The zero-order valence-electron chi connectivity index (χ0n) is 19.6. The van der Waals surface area contributed by atoms with Crippen LogP contribution in [0.5, 0.6) is 0 Å². The minimum atomic E-state index is 0.125. The number of aromatic nitrogens is 1. The van der Waals surface area contributed by atoms with E-state index in [4.69, 9.17) is 4.74 Å². The van der Waals surface area contributed by atoms with E-state index in [9.17, 15) is 4.79 Å². The molecule has 3 aromatic rings. The minimum absolute atomic E-state index is 0.125. The lowest BCUT2D eigenvalue weighted by atomic mass is 9.95. The molecule has 5 heteroatoms. The van der Waals surface area contributed by atoms with E-state index < -0.39 is 0 Å². The molecule has 1 unspecified atom stereocenters. The average Bonchev–Trinajstić information content (AvgIpc) is 3.48. The van der Waals surface area contributed by atoms with E-state index in [0.717, 1.165) is 58.5 Å². The van der Waals surface area contributed by atoms with Crippen molar-refractivity contribution in [2.45, 2.75) is 51.8 Å². The summed E-state index contributed by atoms with van der Waals surface area (Å²) in [6, 6.07) is 19.7. The lowest BCUT2D eigenvalue weighted by Crippen LogP contribution is -2.42. The summed E-state index contributed by atoms with van der Waals surface area (Å²) < 4.78 is 8.11. The highest BCUT2D eigenvalue weighted by Gasteiger charge is 2.26. The van der Waals surface area contributed by atoms with Crippen LogP contribution in [0.15, 0.2) is 54.6 Å². The number of nitrogens with zero attached hydrogens (tertiary/aromatic N) is 2. The minimum Gasteiger partial charge on any atom is -0.376 e. The molecule has 2 saturated heterocycles. The Hall–Kier alpha value is -2.63. The summed E-state index contributed by atoms with van der Waals surface area (Å²) in [7, 11) is 0. The maximum absolute atomic E-state index is 12.6. The maximum Gasteiger partial charge on any atom is 0.223 e. The highest BCUT2D eigenvalue weighted by molar-refractivity contribution is 5.81. The molecule has 2 aromatic carbocycles. The zero-order chi connectivity index (χ0) is 22.6. The van der Waals surface area contributed by atoms with Crippen LogP contribution in [0.2, 0.25) is 0 Å². The molecule has 0 saturated carbocycles. The Balaban J connectivity index is 1.23. The van der Waals surface area contributed by atoms with Crippen molar-refractivity contribution in [3.8, 4) is 0 Å². The molecule has 2 fully saturated rings. The largest absolute Gasteiger partial charge is 0.376 e. The zero-order valence-corrected chi connectivity index (χ0v) is 19.6. The Labute approximate surface area is 196 Å². The number of piperidine rings is 1. The van der Waals surface area contributed by atoms with Crippen LogP contribution in [-0.4, -0.2) is 47.7 Å². The Morgan fingerprint density at radius 1 is 1.03 bits per heavy atom. The molecule has 0 spiro atoms. The van der Waals surface area contributed by atoms with E-state index in [2.05, 4.69) is 76.3 Å². The van der Waals surface area contributed by atoms with Crippen LogP contribution in [0.25, 0.3) is 10.9 Å². The summed E-state index contributed by atoms with van der Waals surface area (Å²) in [6.07, 6.45) is 4.24. The van der Waals surface area contributed by atoms with Crippen molar-refractivity contribution in [3.63, 3.8) is 0 Å². The topological polar surface area (TPSA) is 46.5 Å². The molecule has 1 atom stereocenters. The highest BCUT2D eigenvalue weighted by atomic mass is 16.5. The Kier molecular flexibility index (Phi) is 6.79. The van der Waals surface area contributed by atoms with Crippen LogP contribution >= 0.6 is 0 Å². The van der Waals surface area contributed by atoms with Crippen molar-refractivity contribution < 1.29 is 9.53 Å². The number of para-hydroxylation sites is 1. The smallest absolute Gasteiger partial charge is 0.223 e. The molecule has 3 heterocycles. The Morgan fingerprint density at radius 3 is 2.61 bits per heavy atom. The van der Waals surface area contributed by atoms with E-state index in [1.165, 1.54) is 27.7 Å². The van der Waals surface area contributed by atoms with Gasteiger partial charge in [-0.25, -0.2) is 0 Å². The molecular weight excluding hydrogens is 410 g/mol. The van der Waals surface area contributed by atoms with Crippen LogP contribution in [0, 0.1) is 12.8 Å². The van der Waals surface area contributed by atoms with E-state index in [1.54, 1.807) is 0 Å². The number of hydrogen-bond acceptors (Lipinski definition) is 3. The lowest BCUT2D eigenvalue weighted by molar-refractivity contribution is -0.127. The molecule has 174 valence electrons. The first-order valence-corrected chi connectivity index (χ1v) is 12.4. The fourth-order valence-corrected chi connectivity index (χ4v) is 5.29. The molecular formula is C28H35N3O2. The van der Waals surface area contributed by atoms with Crippen molar-refractivity contribution >= 4 is 16.8 Å². The van der Waals surface area contributed by atoms with E-state index >= 15 is 0 Å². The molecule has 5 nitrogen and oxygen atoms in total. The van der Waals surface area contributed by atoms with Gasteiger partial charge in [0, 0.05) is 43.4 Å². The van der Waals surface area contributed by atoms with Gasteiger partial charge in [0.05, 0.1) is 6.10 Å². The third kappa shape index (κ3) is 5.15. The molecule has 2 aliphatic heterocycles. The standard InChI is InChI=1S/C28H35N3O2/c1-21-7-2-3-9-24(21)19-31-25(17-23-8-4-5-11-27(23)31)20-30-14-12-22(13-15-30)28(32)29-18-26-10-6-16-33-26/h2-5,7-9,11,17,22,26H,6,10,12-16,18-20H2,1H3,(H,29,32). The Morgan fingerprint density at radius 2 is 1.82 bits per heavy atom. The number of aryl methyl sites for hydroxylation is 1. The highest BCUT2D eigenvalue weighted by Crippen LogP contribution is 2.25. The van der Waals surface area contributed by atoms with Crippen molar-refractivity contribution in [1.29, 1.82) is 0 Å². The van der Waals surface area contributed by atoms with Crippen LogP contribution in [0.1, 0.15) is 42.5 Å². The molecule has 2 aliphatic rings. The fraction of sp³-hybridized carbons (Fsp3) is 0.464. The van der Waals surface area contributed by atoms with Crippen LogP contribution in [-0.2, 0) is 22.6 Å². The summed E-state index contributed by atoms with van der Waals surface area (Å²) in [5.74, 6) is 0.333. The van der Waals surface area contributed by atoms with Gasteiger partial charge in [-0.2, -0.15) is 0 Å². The summed E-state index contributed by atoms with van der Waals surface area (Å²) in [5, 5.41) is 4.43. The Bertz CT molecular complexity index is 1090. The van der Waals surface area contributed by atoms with Gasteiger partial charge in [-0.05, 0) is 74.3 Å². The number of benzene rings is 2. The van der Waals surface area contributed by atoms with Gasteiger partial charge < -0.3 is 14.6 Å². The first-order chi connectivity index (χ1) is 16.2. The van der Waals surface area contributed by atoms with Gasteiger partial charge in [-0.1, -0.05) is 42.5 Å². The number of hydrogen-bond donors (Lipinski definition) is 1. The average molecular weight is 446 g/mol. The first kappa shape index (κ1) is 22.2. The van der Waals surface area contributed by atoms with Crippen molar-refractivity contribution in [2.75, 3.05) is 26.2 Å². The van der Waals surface area contributed by atoms with Crippen molar-refractivity contribution in [2.24, 2.45) is 5.92 Å². The van der Waals surface area contributed by atoms with E-state index in [1.807, 2.05) is 0 Å². The molecule has 33 heavy (non-hydrogen) atoms. The summed E-state index contributed by atoms with van der Waals surface area (Å²) in [6.45, 7) is 7.42. The van der Waals surface area contributed by atoms with Gasteiger partial charge in [-0.3, -0.25) is 9.69 Å². The van der Waals surface area contributed by atoms with Gasteiger partial charge in [0.15, 0.2) is 0 Å². The normalized spacial score (nSPS) is 19.8. The van der Waals surface area contributed by atoms with Crippen molar-refractivity contribution in [1.82, 2.24) is 14.8 Å². The summed E-state index contributed by atoms with van der Waals surface area (Å²) in [4.78, 5) is 15.1. The number of rotatable bonds is 7. The molecule has 0 aliphatic carbocycles. The second-order valence-electron chi connectivity index (χ2n) is 9.64. The molecule has 5 rings (SSSR count). The monoisotopic (exact) mass is 445 g/mol. The summed E-state index contributed by atoms with van der Waals surface area (Å²) >= 11 is 0.